The first-order valence-electron chi connectivity index (χ1n) is 5.48. The highest BCUT2D eigenvalue weighted by Crippen LogP contribution is 2.30. The molecule has 5 nitrogen and oxygen atoms in total. The molecule has 1 aromatic carbocycles. The number of nitrogens with one attached hydrogen (secondary N) is 1. The molecule has 0 bridgehead atoms. The Hall–Kier alpha value is -1.35. The van der Waals surface area contributed by atoms with Crippen LogP contribution in [0, 0.1) is 5.82 Å². The number of sulfonamides is 1. The minimum Gasteiger partial charge on any atom is -0.278 e. The zero-order chi connectivity index (χ0) is 15.2. The Morgan fingerprint density at radius 3 is 2.81 bits per heavy atom. The lowest BCUT2D eigenvalue weighted by atomic mass is 10.3. The molecule has 0 aliphatic carbocycles. The number of thiazole rings is 1. The number of para-hydroxylation sites is 1. The highest BCUT2D eigenvalue weighted by molar-refractivity contribution is 7.92. The van der Waals surface area contributed by atoms with Crippen LogP contribution in [0.1, 0.15) is 0 Å². The Morgan fingerprint density at radius 1 is 1.33 bits per heavy atom. The molecule has 0 aliphatic heterocycles. The Labute approximate surface area is 133 Å². The van der Waals surface area contributed by atoms with Crippen LogP contribution in [-0.4, -0.2) is 17.8 Å². The van der Waals surface area contributed by atoms with Gasteiger partial charge in [0, 0.05) is 11.6 Å². The Balaban J connectivity index is 2.13. The van der Waals surface area contributed by atoms with Crippen molar-refractivity contribution in [3.05, 3.63) is 45.8 Å². The van der Waals surface area contributed by atoms with Crippen molar-refractivity contribution in [2.45, 2.75) is 5.03 Å². The molecule has 1 N–H and O–H groups in total. The highest BCUT2D eigenvalue weighted by Gasteiger charge is 2.26. The second kappa shape index (κ2) is 5.13. The molecule has 0 spiro atoms. The number of anilines is 1. The fraction of sp³-hybridized carbons (Fsp3) is 0. The van der Waals surface area contributed by atoms with E-state index in [0.717, 1.165) is 6.07 Å². The third kappa shape index (κ3) is 2.48. The van der Waals surface area contributed by atoms with E-state index in [1.165, 1.54) is 34.1 Å². The summed E-state index contributed by atoms with van der Waals surface area (Å²) in [5.74, 6) is -0.784. The molecular formula is C11H6Cl2FN3O2S2. The molecule has 0 atom stereocenters. The fourth-order valence-corrected chi connectivity index (χ4v) is 4.57. The number of benzene rings is 1. The average Bonchev–Trinajstić information content (AvgIpc) is 2.93. The third-order valence-electron chi connectivity index (χ3n) is 2.63. The van der Waals surface area contributed by atoms with Crippen molar-refractivity contribution >= 4 is 55.2 Å². The van der Waals surface area contributed by atoms with Crippen LogP contribution in [0.5, 0.6) is 0 Å². The van der Waals surface area contributed by atoms with Gasteiger partial charge in [0.15, 0.2) is 15.1 Å². The van der Waals surface area contributed by atoms with Gasteiger partial charge in [0.05, 0.1) is 5.02 Å². The van der Waals surface area contributed by atoms with Crippen LogP contribution in [0.25, 0.3) is 4.96 Å². The van der Waals surface area contributed by atoms with Crippen LogP contribution in [0.3, 0.4) is 0 Å². The van der Waals surface area contributed by atoms with E-state index < -0.39 is 15.8 Å². The van der Waals surface area contributed by atoms with E-state index in [2.05, 4.69) is 9.71 Å². The molecule has 0 amide bonds. The molecule has 110 valence electrons. The van der Waals surface area contributed by atoms with Crippen molar-refractivity contribution in [1.29, 1.82) is 0 Å². The Kier molecular flexibility index (Phi) is 3.56. The second-order valence-corrected chi connectivity index (χ2v) is 7.20. The lowest BCUT2D eigenvalue weighted by Gasteiger charge is -2.09. The molecule has 0 radical (unpaired) electrons. The van der Waals surface area contributed by atoms with Gasteiger partial charge in [-0.3, -0.25) is 9.12 Å². The highest BCUT2D eigenvalue weighted by atomic mass is 35.5. The third-order valence-corrected chi connectivity index (χ3v) is 5.45. The van der Waals surface area contributed by atoms with E-state index in [-0.39, 0.29) is 20.9 Å². The first kappa shape index (κ1) is 14.6. The van der Waals surface area contributed by atoms with Crippen LogP contribution in [0.2, 0.25) is 10.2 Å². The summed E-state index contributed by atoms with van der Waals surface area (Å²) in [4.78, 5) is 4.34. The molecule has 21 heavy (non-hydrogen) atoms. The van der Waals surface area contributed by atoms with Crippen molar-refractivity contribution in [2.75, 3.05) is 4.72 Å². The fourth-order valence-electron chi connectivity index (χ4n) is 1.76. The van der Waals surface area contributed by atoms with Crippen LogP contribution in [0.15, 0.2) is 34.8 Å². The summed E-state index contributed by atoms with van der Waals surface area (Å²) in [6.45, 7) is 0. The number of hydrogen-bond acceptors (Lipinski definition) is 4. The van der Waals surface area contributed by atoms with Crippen LogP contribution >= 0.6 is 34.5 Å². The summed E-state index contributed by atoms with van der Waals surface area (Å²) < 4.78 is 42.0. The number of rotatable bonds is 3. The molecule has 2 aromatic heterocycles. The minimum atomic E-state index is -4.14. The zero-order valence-corrected chi connectivity index (χ0v) is 13.2. The standard InChI is InChI=1S/C11H6Cl2FN3O2S2/c12-6-2-1-3-7(14)8(6)16-21(18,19)10-9(13)15-11-17(10)4-5-20-11/h1-5,16H. The number of nitrogens with zero attached hydrogens (tertiary/aromatic N) is 2. The molecule has 0 aliphatic rings. The molecule has 10 heteroatoms. The first-order chi connectivity index (χ1) is 9.90. The number of fused-ring (bicyclic) bond motifs is 1. The number of imidazole rings is 1. The first-order valence-corrected chi connectivity index (χ1v) is 8.60. The summed E-state index contributed by atoms with van der Waals surface area (Å²) in [5, 5.41) is 1.15. The molecule has 2 heterocycles. The van der Waals surface area contributed by atoms with Crippen molar-refractivity contribution in [3.8, 4) is 0 Å². The Bertz CT molecular complexity index is 916. The predicted octanol–water partition coefficient (Wildman–Crippen LogP) is 3.64. The summed E-state index contributed by atoms with van der Waals surface area (Å²) in [7, 11) is -4.14. The minimum absolute atomic E-state index is 0.0548. The van der Waals surface area contributed by atoms with Crippen molar-refractivity contribution in [3.63, 3.8) is 0 Å². The van der Waals surface area contributed by atoms with Gasteiger partial charge in [-0.25, -0.2) is 9.37 Å². The largest absolute Gasteiger partial charge is 0.281 e. The topological polar surface area (TPSA) is 63.5 Å². The summed E-state index contributed by atoms with van der Waals surface area (Å²) in [6.07, 6.45) is 1.51. The van der Waals surface area contributed by atoms with Gasteiger partial charge < -0.3 is 0 Å². The van der Waals surface area contributed by atoms with Gasteiger partial charge in [0.25, 0.3) is 10.0 Å². The maximum absolute atomic E-state index is 13.7. The maximum Gasteiger partial charge on any atom is 0.281 e. The van der Waals surface area contributed by atoms with E-state index in [1.54, 1.807) is 5.38 Å². The Morgan fingerprint density at radius 2 is 2.10 bits per heavy atom. The monoisotopic (exact) mass is 365 g/mol. The number of aromatic nitrogens is 2. The lowest BCUT2D eigenvalue weighted by molar-refractivity contribution is 0.594. The van der Waals surface area contributed by atoms with Gasteiger partial charge in [0.1, 0.15) is 11.5 Å². The van der Waals surface area contributed by atoms with E-state index >= 15 is 0 Å². The van der Waals surface area contributed by atoms with E-state index in [1.807, 2.05) is 0 Å². The summed E-state index contributed by atoms with van der Waals surface area (Å²) in [6, 6.07) is 3.85. The summed E-state index contributed by atoms with van der Waals surface area (Å²) >= 11 is 12.9. The lowest BCUT2D eigenvalue weighted by Crippen LogP contribution is -2.16. The second-order valence-electron chi connectivity index (χ2n) is 3.97. The molecule has 0 saturated heterocycles. The van der Waals surface area contributed by atoms with Gasteiger partial charge in [-0.05, 0) is 12.1 Å². The number of halogens is 3. The average molecular weight is 366 g/mol. The van der Waals surface area contributed by atoms with Crippen LogP contribution in [0.4, 0.5) is 10.1 Å². The van der Waals surface area contributed by atoms with Gasteiger partial charge in [-0.2, -0.15) is 8.42 Å². The molecule has 0 saturated carbocycles. The van der Waals surface area contributed by atoms with Gasteiger partial charge >= 0.3 is 0 Å². The predicted molar refractivity (Wildman–Crippen MR) is 80.3 cm³/mol. The van der Waals surface area contributed by atoms with Gasteiger partial charge in [-0.15, -0.1) is 11.3 Å². The van der Waals surface area contributed by atoms with Gasteiger partial charge in [0.2, 0.25) is 0 Å². The number of hydrogen-bond donors (Lipinski definition) is 1. The SMILES string of the molecule is O=S(=O)(Nc1c(F)cccc1Cl)c1c(Cl)nc2sccn12. The molecular weight excluding hydrogens is 360 g/mol. The van der Waals surface area contributed by atoms with Crippen molar-refractivity contribution in [1.82, 2.24) is 9.38 Å². The molecule has 3 aromatic rings. The molecule has 0 fully saturated rings. The molecule has 3 rings (SSSR count). The van der Waals surface area contributed by atoms with E-state index in [9.17, 15) is 12.8 Å². The molecule has 0 unspecified atom stereocenters. The summed E-state index contributed by atoms with van der Waals surface area (Å²) in [5.41, 5.74) is -0.333. The van der Waals surface area contributed by atoms with Crippen molar-refractivity contribution in [2.24, 2.45) is 0 Å². The van der Waals surface area contributed by atoms with Gasteiger partial charge in [-0.1, -0.05) is 29.3 Å². The van der Waals surface area contributed by atoms with Crippen LogP contribution < -0.4 is 4.72 Å². The smallest absolute Gasteiger partial charge is 0.278 e. The quantitative estimate of drug-likeness (QED) is 0.770. The van der Waals surface area contributed by atoms with E-state index in [4.69, 9.17) is 23.2 Å². The zero-order valence-electron chi connectivity index (χ0n) is 10.0. The van der Waals surface area contributed by atoms with E-state index in [0.29, 0.717) is 4.96 Å². The van der Waals surface area contributed by atoms with Crippen LogP contribution in [-0.2, 0) is 10.0 Å². The normalized spacial score (nSPS) is 12.0. The maximum atomic E-state index is 13.7. The van der Waals surface area contributed by atoms with Crippen molar-refractivity contribution < 1.29 is 12.8 Å².